The lowest BCUT2D eigenvalue weighted by Gasteiger charge is -2.35. The van der Waals surface area contributed by atoms with Gasteiger partial charge in [-0.15, -0.1) is 0 Å². The van der Waals surface area contributed by atoms with Crippen molar-refractivity contribution in [1.82, 2.24) is 4.90 Å². The maximum absolute atomic E-state index is 11.7. The van der Waals surface area contributed by atoms with Crippen molar-refractivity contribution in [2.45, 2.75) is 52.0 Å². The molecule has 1 amide bonds. The highest BCUT2D eigenvalue weighted by Crippen LogP contribution is 2.20. The van der Waals surface area contributed by atoms with E-state index in [1.165, 1.54) is 13.3 Å². The van der Waals surface area contributed by atoms with Gasteiger partial charge >= 0.3 is 0 Å². The standard InChI is InChI=1S/C11H19NO2/c1-3-10-6-4-5-7-12(10)11(14)8-9(2)13/h10H,3-8H2,1-2H3. The highest BCUT2D eigenvalue weighted by molar-refractivity contribution is 5.96. The van der Waals surface area contributed by atoms with Crippen LogP contribution in [0.2, 0.25) is 0 Å². The van der Waals surface area contributed by atoms with Gasteiger partial charge in [-0.1, -0.05) is 6.92 Å². The van der Waals surface area contributed by atoms with Crippen LogP contribution < -0.4 is 0 Å². The summed E-state index contributed by atoms with van der Waals surface area (Å²) in [6, 6.07) is 0.371. The molecular formula is C11H19NO2. The number of piperidine rings is 1. The van der Waals surface area contributed by atoms with E-state index < -0.39 is 0 Å². The van der Waals surface area contributed by atoms with Crippen molar-refractivity contribution in [3.05, 3.63) is 0 Å². The van der Waals surface area contributed by atoms with Crippen molar-refractivity contribution in [1.29, 1.82) is 0 Å². The van der Waals surface area contributed by atoms with E-state index in [9.17, 15) is 9.59 Å². The average molecular weight is 197 g/mol. The van der Waals surface area contributed by atoms with Crippen LogP contribution in [-0.2, 0) is 9.59 Å². The molecule has 1 saturated heterocycles. The van der Waals surface area contributed by atoms with Crippen LogP contribution in [0.3, 0.4) is 0 Å². The minimum Gasteiger partial charge on any atom is -0.339 e. The summed E-state index contributed by atoms with van der Waals surface area (Å²) in [5, 5.41) is 0. The minimum atomic E-state index is -0.0320. The second-order valence-corrected chi connectivity index (χ2v) is 4.02. The summed E-state index contributed by atoms with van der Waals surface area (Å²) in [6.07, 6.45) is 4.47. The first kappa shape index (κ1) is 11.2. The minimum absolute atomic E-state index is 0.0176. The number of Topliss-reactive ketones (excluding diaryl/α,β-unsaturated/α-hetero) is 1. The zero-order valence-electron chi connectivity index (χ0n) is 9.08. The molecule has 1 unspecified atom stereocenters. The Morgan fingerprint density at radius 3 is 2.64 bits per heavy atom. The van der Waals surface area contributed by atoms with Gasteiger partial charge in [0.2, 0.25) is 5.91 Å². The molecule has 1 aliphatic heterocycles. The van der Waals surface area contributed by atoms with Crippen LogP contribution in [0.1, 0.15) is 46.0 Å². The van der Waals surface area contributed by atoms with Crippen LogP contribution in [0.15, 0.2) is 0 Å². The predicted octanol–water partition coefficient (Wildman–Crippen LogP) is 1.76. The molecule has 1 atom stereocenters. The van der Waals surface area contributed by atoms with Crippen LogP contribution >= 0.6 is 0 Å². The fraction of sp³-hybridized carbons (Fsp3) is 0.818. The zero-order valence-corrected chi connectivity index (χ0v) is 9.08. The van der Waals surface area contributed by atoms with E-state index in [0.29, 0.717) is 6.04 Å². The first-order chi connectivity index (χ1) is 6.65. The normalized spacial score (nSPS) is 22.1. The number of rotatable bonds is 3. The molecule has 1 rings (SSSR count). The Kier molecular flexibility index (Phi) is 4.11. The fourth-order valence-corrected chi connectivity index (χ4v) is 2.07. The summed E-state index contributed by atoms with van der Waals surface area (Å²) in [6.45, 7) is 4.41. The third-order valence-corrected chi connectivity index (χ3v) is 2.82. The molecule has 1 heterocycles. The predicted molar refractivity (Wildman–Crippen MR) is 54.9 cm³/mol. The molecule has 14 heavy (non-hydrogen) atoms. The Balaban J connectivity index is 2.54. The summed E-state index contributed by atoms with van der Waals surface area (Å²) in [4.78, 5) is 24.4. The molecule has 0 bridgehead atoms. The van der Waals surface area contributed by atoms with Crippen LogP contribution in [0, 0.1) is 0 Å². The van der Waals surface area contributed by atoms with E-state index in [-0.39, 0.29) is 18.1 Å². The third-order valence-electron chi connectivity index (χ3n) is 2.82. The lowest BCUT2D eigenvalue weighted by atomic mass is 9.99. The number of carbonyl (C=O) groups excluding carboxylic acids is 2. The van der Waals surface area contributed by atoms with Crippen molar-refractivity contribution in [3.8, 4) is 0 Å². The number of nitrogens with zero attached hydrogens (tertiary/aromatic N) is 1. The number of ketones is 1. The Hall–Kier alpha value is -0.860. The van der Waals surface area contributed by atoms with E-state index in [4.69, 9.17) is 0 Å². The summed E-state index contributed by atoms with van der Waals surface area (Å²) < 4.78 is 0. The molecule has 0 saturated carbocycles. The number of hydrogen-bond acceptors (Lipinski definition) is 2. The van der Waals surface area contributed by atoms with Crippen molar-refractivity contribution in [3.63, 3.8) is 0 Å². The zero-order chi connectivity index (χ0) is 10.6. The number of likely N-dealkylation sites (tertiary alicyclic amines) is 1. The number of amides is 1. The SMILES string of the molecule is CCC1CCCCN1C(=O)CC(C)=O. The molecule has 3 nitrogen and oxygen atoms in total. The summed E-state index contributed by atoms with van der Waals surface area (Å²) in [7, 11) is 0. The number of hydrogen-bond donors (Lipinski definition) is 0. The molecular weight excluding hydrogens is 178 g/mol. The third kappa shape index (κ3) is 2.82. The first-order valence-electron chi connectivity index (χ1n) is 5.44. The van der Waals surface area contributed by atoms with Crippen molar-refractivity contribution >= 4 is 11.7 Å². The molecule has 0 spiro atoms. The Labute approximate surface area is 85.5 Å². The van der Waals surface area contributed by atoms with Gasteiger partial charge in [-0.05, 0) is 32.6 Å². The first-order valence-corrected chi connectivity index (χ1v) is 5.44. The smallest absolute Gasteiger partial charge is 0.230 e. The lowest BCUT2D eigenvalue weighted by molar-refractivity contribution is -0.137. The van der Waals surface area contributed by atoms with Gasteiger partial charge in [0.25, 0.3) is 0 Å². The molecule has 1 fully saturated rings. The molecule has 0 aromatic carbocycles. The molecule has 0 N–H and O–H groups in total. The second kappa shape index (κ2) is 5.13. The quantitative estimate of drug-likeness (QED) is 0.646. The van der Waals surface area contributed by atoms with Crippen LogP contribution in [0.4, 0.5) is 0 Å². The Morgan fingerprint density at radius 2 is 2.07 bits per heavy atom. The fourth-order valence-electron chi connectivity index (χ4n) is 2.07. The Morgan fingerprint density at radius 1 is 1.36 bits per heavy atom. The highest BCUT2D eigenvalue weighted by atomic mass is 16.2. The monoisotopic (exact) mass is 197 g/mol. The van der Waals surface area contributed by atoms with Gasteiger partial charge in [-0.2, -0.15) is 0 Å². The van der Waals surface area contributed by atoms with Gasteiger partial charge in [0, 0.05) is 12.6 Å². The average Bonchev–Trinajstić information content (AvgIpc) is 2.16. The van der Waals surface area contributed by atoms with Gasteiger partial charge in [0.15, 0.2) is 0 Å². The van der Waals surface area contributed by atoms with Crippen molar-refractivity contribution in [2.24, 2.45) is 0 Å². The Bertz CT molecular complexity index is 225. The molecule has 0 aliphatic carbocycles. The lowest BCUT2D eigenvalue weighted by Crippen LogP contribution is -2.43. The molecule has 80 valence electrons. The van der Waals surface area contributed by atoms with Gasteiger partial charge in [-0.3, -0.25) is 9.59 Å². The van der Waals surface area contributed by atoms with Gasteiger partial charge in [0.1, 0.15) is 5.78 Å². The summed E-state index contributed by atoms with van der Waals surface area (Å²) in [5.74, 6) is -0.0144. The number of carbonyl (C=O) groups is 2. The van der Waals surface area contributed by atoms with Gasteiger partial charge < -0.3 is 4.90 Å². The van der Waals surface area contributed by atoms with Crippen molar-refractivity contribution < 1.29 is 9.59 Å². The van der Waals surface area contributed by atoms with E-state index in [2.05, 4.69) is 6.92 Å². The van der Waals surface area contributed by atoms with Gasteiger partial charge in [0.05, 0.1) is 6.42 Å². The second-order valence-electron chi connectivity index (χ2n) is 4.02. The summed E-state index contributed by atoms with van der Waals surface area (Å²) in [5.41, 5.74) is 0. The van der Waals surface area contributed by atoms with E-state index in [1.807, 2.05) is 4.90 Å². The maximum Gasteiger partial charge on any atom is 0.230 e. The van der Waals surface area contributed by atoms with Crippen LogP contribution in [0.5, 0.6) is 0 Å². The largest absolute Gasteiger partial charge is 0.339 e. The molecule has 0 radical (unpaired) electrons. The molecule has 3 heteroatoms. The van der Waals surface area contributed by atoms with Crippen LogP contribution in [0.25, 0.3) is 0 Å². The molecule has 0 aromatic heterocycles. The topological polar surface area (TPSA) is 37.4 Å². The highest BCUT2D eigenvalue weighted by Gasteiger charge is 2.25. The molecule has 1 aliphatic rings. The van der Waals surface area contributed by atoms with Gasteiger partial charge in [-0.25, -0.2) is 0 Å². The summed E-state index contributed by atoms with van der Waals surface area (Å²) >= 11 is 0. The van der Waals surface area contributed by atoms with E-state index in [0.717, 1.165) is 25.8 Å². The van der Waals surface area contributed by atoms with E-state index >= 15 is 0 Å². The maximum atomic E-state index is 11.7. The molecule has 0 aromatic rings. The van der Waals surface area contributed by atoms with E-state index in [1.54, 1.807) is 0 Å². The van der Waals surface area contributed by atoms with Crippen molar-refractivity contribution in [2.75, 3.05) is 6.54 Å². The van der Waals surface area contributed by atoms with Crippen LogP contribution in [-0.4, -0.2) is 29.2 Å².